The number of nitrogens with one attached hydrogen (secondary N) is 1. The number of carbonyl (C=O) groups excluding carboxylic acids is 1. The van der Waals surface area contributed by atoms with E-state index >= 15 is 0 Å². The number of carbonyl (C=O) groups is 1. The maximum Gasteiger partial charge on any atom is 0.225 e. The van der Waals surface area contributed by atoms with Crippen molar-refractivity contribution in [1.82, 2.24) is 5.32 Å². The molecule has 0 fully saturated rings. The minimum atomic E-state index is -0.813. The van der Waals surface area contributed by atoms with Crippen LogP contribution in [0.3, 0.4) is 0 Å². The van der Waals surface area contributed by atoms with Gasteiger partial charge in [0.05, 0.1) is 12.5 Å². The van der Waals surface area contributed by atoms with Gasteiger partial charge in [-0.05, 0) is 30.5 Å². The van der Waals surface area contributed by atoms with E-state index in [1.165, 1.54) is 0 Å². The summed E-state index contributed by atoms with van der Waals surface area (Å²) in [6, 6.07) is 9.74. The van der Waals surface area contributed by atoms with Gasteiger partial charge >= 0.3 is 0 Å². The highest BCUT2D eigenvalue weighted by Gasteiger charge is 2.29. The predicted octanol–water partition coefficient (Wildman–Crippen LogP) is 3.05. The molecule has 1 atom stereocenters. The second-order valence-corrected chi connectivity index (χ2v) is 5.74. The van der Waals surface area contributed by atoms with Gasteiger partial charge in [-0.15, -0.1) is 0 Å². The van der Waals surface area contributed by atoms with E-state index < -0.39 is 5.54 Å². The van der Waals surface area contributed by atoms with Crippen LogP contribution < -0.4 is 5.32 Å². The Morgan fingerprint density at radius 1 is 1.44 bits per heavy atom. The molecule has 96 valence electrons. The lowest BCUT2D eigenvalue weighted by Crippen LogP contribution is -2.49. The van der Waals surface area contributed by atoms with Crippen molar-refractivity contribution in [2.45, 2.75) is 32.7 Å². The molecule has 0 saturated carbocycles. The average molecular weight is 309 g/mol. The molecule has 18 heavy (non-hydrogen) atoms. The van der Waals surface area contributed by atoms with Crippen molar-refractivity contribution in [3.05, 3.63) is 34.3 Å². The fourth-order valence-corrected chi connectivity index (χ4v) is 1.69. The van der Waals surface area contributed by atoms with Gasteiger partial charge in [-0.25, -0.2) is 0 Å². The Bertz CT molecular complexity index is 462. The largest absolute Gasteiger partial charge is 0.338 e. The number of benzene rings is 1. The van der Waals surface area contributed by atoms with Gasteiger partial charge in [-0.3, -0.25) is 4.79 Å². The Labute approximate surface area is 116 Å². The summed E-state index contributed by atoms with van der Waals surface area (Å²) >= 11 is 3.35. The van der Waals surface area contributed by atoms with E-state index in [9.17, 15) is 4.79 Å². The molecule has 0 spiro atoms. The lowest BCUT2D eigenvalue weighted by Gasteiger charge is -2.27. The van der Waals surface area contributed by atoms with Crippen molar-refractivity contribution >= 4 is 21.8 Å². The Morgan fingerprint density at radius 3 is 2.44 bits per heavy atom. The van der Waals surface area contributed by atoms with Crippen molar-refractivity contribution in [2.75, 3.05) is 0 Å². The number of halogens is 1. The summed E-state index contributed by atoms with van der Waals surface area (Å²) < 4.78 is 0.982. The van der Waals surface area contributed by atoms with Crippen molar-refractivity contribution in [3.63, 3.8) is 0 Å². The standard InChI is InChI=1S/C14H17BrN2O/c1-10(2)14(3,9-16)17-13(18)8-11-4-6-12(15)7-5-11/h4-7,10H,8H2,1-3H3,(H,17,18). The first-order valence-corrected chi connectivity index (χ1v) is 6.63. The monoisotopic (exact) mass is 308 g/mol. The first-order valence-electron chi connectivity index (χ1n) is 5.84. The van der Waals surface area contributed by atoms with Gasteiger partial charge in [0.2, 0.25) is 5.91 Å². The topological polar surface area (TPSA) is 52.9 Å². The summed E-state index contributed by atoms with van der Waals surface area (Å²) in [6.07, 6.45) is 0.289. The SMILES string of the molecule is CC(C)C(C)(C#N)NC(=O)Cc1ccc(Br)cc1. The number of hydrogen-bond acceptors (Lipinski definition) is 2. The number of rotatable bonds is 4. The first-order chi connectivity index (χ1) is 8.37. The van der Waals surface area contributed by atoms with E-state index in [2.05, 4.69) is 27.3 Å². The summed E-state index contributed by atoms with van der Waals surface area (Å²) in [6.45, 7) is 5.59. The molecule has 0 aromatic heterocycles. The van der Waals surface area contributed by atoms with Crippen molar-refractivity contribution in [2.24, 2.45) is 5.92 Å². The number of amides is 1. The summed E-state index contributed by atoms with van der Waals surface area (Å²) in [5, 5.41) is 11.9. The van der Waals surface area contributed by atoms with Crippen LogP contribution in [0.25, 0.3) is 0 Å². The molecule has 0 aliphatic heterocycles. The summed E-state index contributed by atoms with van der Waals surface area (Å²) in [4.78, 5) is 11.9. The molecule has 0 aliphatic rings. The molecule has 0 heterocycles. The normalized spacial score (nSPS) is 13.8. The van der Waals surface area contributed by atoms with Gasteiger partial charge in [0.15, 0.2) is 0 Å². The Morgan fingerprint density at radius 2 is 2.00 bits per heavy atom. The molecule has 0 radical (unpaired) electrons. The van der Waals surface area contributed by atoms with Crippen LogP contribution in [-0.4, -0.2) is 11.4 Å². The minimum Gasteiger partial charge on any atom is -0.338 e. The fourth-order valence-electron chi connectivity index (χ4n) is 1.42. The van der Waals surface area contributed by atoms with Crippen LogP contribution in [0, 0.1) is 17.2 Å². The van der Waals surface area contributed by atoms with Gasteiger partial charge < -0.3 is 5.32 Å². The fraction of sp³-hybridized carbons (Fsp3) is 0.429. The van der Waals surface area contributed by atoms with E-state index in [1.54, 1.807) is 6.92 Å². The quantitative estimate of drug-likeness (QED) is 0.929. The van der Waals surface area contributed by atoms with Gasteiger partial charge in [-0.2, -0.15) is 5.26 Å². The van der Waals surface area contributed by atoms with Gasteiger partial charge in [-0.1, -0.05) is 41.9 Å². The second-order valence-electron chi connectivity index (χ2n) is 4.82. The van der Waals surface area contributed by atoms with Crippen LogP contribution in [0.1, 0.15) is 26.3 Å². The number of nitriles is 1. The molecular formula is C14H17BrN2O. The molecule has 3 nitrogen and oxygen atoms in total. The minimum absolute atomic E-state index is 0.0661. The molecule has 0 aliphatic carbocycles. The summed E-state index contributed by atoms with van der Waals surface area (Å²) in [7, 11) is 0. The highest BCUT2D eigenvalue weighted by molar-refractivity contribution is 9.10. The average Bonchev–Trinajstić information content (AvgIpc) is 2.31. The van der Waals surface area contributed by atoms with Crippen LogP contribution in [-0.2, 0) is 11.2 Å². The third-order valence-corrected chi connectivity index (χ3v) is 3.59. The maximum atomic E-state index is 11.9. The first kappa shape index (κ1) is 14.7. The van der Waals surface area contributed by atoms with E-state index in [1.807, 2.05) is 38.1 Å². The zero-order valence-electron chi connectivity index (χ0n) is 10.8. The molecule has 1 aromatic rings. The molecule has 4 heteroatoms. The van der Waals surface area contributed by atoms with Crippen LogP contribution in [0.4, 0.5) is 0 Å². The molecule has 0 bridgehead atoms. The second kappa shape index (κ2) is 6.01. The van der Waals surface area contributed by atoms with Crippen molar-refractivity contribution < 1.29 is 4.79 Å². The van der Waals surface area contributed by atoms with E-state index in [0.29, 0.717) is 0 Å². The molecule has 1 N–H and O–H groups in total. The van der Waals surface area contributed by atoms with Crippen LogP contribution in [0.2, 0.25) is 0 Å². The number of nitrogens with zero attached hydrogens (tertiary/aromatic N) is 1. The lowest BCUT2D eigenvalue weighted by atomic mass is 9.90. The number of hydrogen-bond donors (Lipinski definition) is 1. The highest BCUT2D eigenvalue weighted by Crippen LogP contribution is 2.16. The highest BCUT2D eigenvalue weighted by atomic mass is 79.9. The molecule has 1 unspecified atom stereocenters. The van der Waals surface area contributed by atoms with E-state index in [-0.39, 0.29) is 18.2 Å². The Balaban J connectivity index is 2.67. The van der Waals surface area contributed by atoms with Gasteiger partial charge in [0.1, 0.15) is 5.54 Å². The predicted molar refractivity (Wildman–Crippen MR) is 74.8 cm³/mol. The van der Waals surface area contributed by atoms with Gasteiger partial charge in [0, 0.05) is 4.47 Å². The Hall–Kier alpha value is -1.34. The molecule has 1 aromatic carbocycles. The van der Waals surface area contributed by atoms with E-state index in [0.717, 1.165) is 10.0 Å². The van der Waals surface area contributed by atoms with E-state index in [4.69, 9.17) is 5.26 Å². The van der Waals surface area contributed by atoms with Crippen molar-refractivity contribution in [3.8, 4) is 6.07 Å². The molecule has 1 rings (SSSR count). The zero-order valence-corrected chi connectivity index (χ0v) is 12.4. The lowest BCUT2D eigenvalue weighted by molar-refractivity contribution is -0.122. The molecular weight excluding hydrogens is 292 g/mol. The van der Waals surface area contributed by atoms with Crippen LogP contribution in [0.5, 0.6) is 0 Å². The smallest absolute Gasteiger partial charge is 0.225 e. The van der Waals surface area contributed by atoms with Crippen LogP contribution >= 0.6 is 15.9 Å². The third-order valence-electron chi connectivity index (χ3n) is 3.06. The summed E-state index contributed by atoms with van der Waals surface area (Å²) in [5.41, 5.74) is 0.117. The molecule has 1 amide bonds. The summed E-state index contributed by atoms with van der Waals surface area (Å²) in [5.74, 6) is -0.0635. The third kappa shape index (κ3) is 3.85. The van der Waals surface area contributed by atoms with Crippen LogP contribution in [0.15, 0.2) is 28.7 Å². The Kier molecular flexibility index (Phi) is 4.92. The van der Waals surface area contributed by atoms with Gasteiger partial charge in [0.25, 0.3) is 0 Å². The zero-order chi connectivity index (χ0) is 13.8. The maximum absolute atomic E-state index is 11.9. The molecule has 0 saturated heterocycles. The van der Waals surface area contributed by atoms with Crippen molar-refractivity contribution in [1.29, 1.82) is 5.26 Å².